The Kier molecular flexibility index (Phi) is 2.75. The van der Waals surface area contributed by atoms with Gasteiger partial charge in [0.25, 0.3) is 0 Å². The normalized spacial score (nSPS) is 10.3. The summed E-state index contributed by atoms with van der Waals surface area (Å²) in [6.07, 6.45) is 1.91. The molecule has 0 atom stereocenters. The molecule has 0 amide bonds. The van der Waals surface area contributed by atoms with Gasteiger partial charge in [-0.15, -0.1) is 11.3 Å². The Morgan fingerprint density at radius 2 is 2.00 bits per heavy atom. The molecule has 0 aliphatic rings. The zero-order valence-electron chi connectivity index (χ0n) is 7.69. The van der Waals surface area contributed by atoms with E-state index < -0.39 is 0 Å². The molecule has 0 saturated carbocycles. The largest absolute Gasteiger partial charge is 0.135 e. The Balaban J connectivity index is 2.73. The molecule has 0 unspecified atom stereocenters. The highest BCUT2D eigenvalue weighted by Gasteiger charge is 2.07. The molecular weight excluding hydrogens is 208 g/mol. The third kappa shape index (κ3) is 1.51. The standard InChI is InChI=1S/C12H10S2/c1-3-10-12(13-4-2)9-7-5-6-8-11(9)14-10/h3-8H,1-2H2. The van der Waals surface area contributed by atoms with Gasteiger partial charge >= 0.3 is 0 Å². The summed E-state index contributed by atoms with van der Waals surface area (Å²) in [4.78, 5) is 2.51. The second kappa shape index (κ2) is 4.03. The lowest BCUT2D eigenvalue weighted by molar-refractivity contribution is 1.63. The quantitative estimate of drug-likeness (QED) is 0.668. The first kappa shape index (κ1) is 9.56. The molecule has 0 fully saturated rings. The van der Waals surface area contributed by atoms with Gasteiger partial charge in [-0.05, 0) is 11.5 Å². The monoisotopic (exact) mass is 218 g/mol. The second-order valence-corrected chi connectivity index (χ2v) is 4.84. The van der Waals surface area contributed by atoms with Crippen LogP contribution >= 0.6 is 23.1 Å². The van der Waals surface area contributed by atoms with Gasteiger partial charge in [-0.25, -0.2) is 0 Å². The molecule has 2 heteroatoms. The average molecular weight is 218 g/mol. The van der Waals surface area contributed by atoms with E-state index in [2.05, 4.69) is 37.4 Å². The first-order chi connectivity index (χ1) is 6.86. The Morgan fingerprint density at radius 1 is 1.21 bits per heavy atom. The van der Waals surface area contributed by atoms with Gasteiger partial charge in [0.05, 0.1) is 0 Å². The van der Waals surface area contributed by atoms with Crippen molar-refractivity contribution in [2.24, 2.45) is 0 Å². The Bertz CT molecular complexity index is 480. The Morgan fingerprint density at radius 3 is 2.71 bits per heavy atom. The Hall–Kier alpha value is -0.990. The van der Waals surface area contributed by atoms with Crippen LogP contribution in [0.5, 0.6) is 0 Å². The highest BCUT2D eigenvalue weighted by atomic mass is 32.2. The maximum absolute atomic E-state index is 3.83. The maximum atomic E-state index is 3.83. The van der Waals surface area contributed by atoms with Gasteiger partial charge in [0, 0.05) is 19.9 Å². The molecule has 1 aromatic carbocycles. The number of thioether (sulfide) groups is 1. The number of fused-ring (bicyclic) bond motifs is 1. The zero-order chi connectivity index (χ0) is 9.97. The number of rotatable bonds is 3. The predicted molar refractivity (Wildman–Crippen MR) is 68.0 cm³/mol. The van der Waals surface area contributed by atoms with E-state index in [-0.39, 0.29) is 0 Å². The summed E-state index contributed by atoms with van der Waals surface area (Å²) in [7, 11) is 0. The molecule has 0 radical (unpaired) electrons. The SMILES string of the molecule is C=CSc1c(C=C)sc2ccccc12. The van der Waals surface area contributed by atoms with Crippen molar-refractivity contribution in [3.8, 4) is 0 Å². The molecule has 14 heavy (non-hydrogen) atoms. The van der Waals surface area contributed by atoms with Crippen molar-refractivity contribution < 1.29 is 0 Å². The molecule has 0 spiro atoms. The van der Waals surface area contributed by atoms with E-state index in [0.29, 0.717) is 0 Å². The molecule has 0 saturated heterocycles. The topological polar surface area (TPSA) is 0 Å². The van der Waals surface area contributed by atoms with E-state index in [9.17, 15) is 0 Å². The lowest BCUT2D eigenvalue weighted by Gasteiger charge is -1.94. The van der Waals surface area contributed by atoms with Gasteiger partial charge in [0.15, 0.2) is 0 Å². The third-order valence-corrected chi connectivity index (χ3v) is 4.10. The van der Waals surface area contributed by atoms with Crippen molar-refractivity contribution in [3.63, 3.8) is 0 Å². The van der Waals surface area contributed by atoms with Gasteiger partial charge in [0.2, 0.25) is 0 Å². The maximum Gasteiger partial charge on any atom is 0.0416 e. The minimum Gasteiger partial charge on any atom is -0.135 e. The van der Waals surface area contributed by atoms with Crippen LogP contribution in [-0.4, -0.2) is 0 Å². The van der Waals surface area contributed by atoms with E-state index in [0.717, 1.165) is 0 Å². The smallest absolute Gasteiger partial charge is 0.0416 e. The fourth-order valence-electron chi connectivity index (χ4n) is 1.38. The fourth-order valence-corrected chi connectivity index (χ4v) is 3.33. The minimum absolute atomic E-state index is 1.23. The van der Waals surface area contributed by atoms with Crippen molar-refractivity contribution in [2.45, 2.75) is 4.90 Å². The summed E-state index contributed by atoms with van der Waals surface area (Å²) >= 11 is 3.44. The number of benzene rings is 1. The summed E-state index contributed by atoms with van der Waals surface area (Å²) in [5, 5.41) is 3.17. The van der Waals surface area contributed by atoms with Crippen molar-refractivity contribution >= 4 is 39.3 Å². The van der Waals surface area contributed by atoms with Crippen molar-refractivity contribution in [1.82, 2.24) is 0 Å². The second-order valence-electron chi connectivity index (χ2n) is 2.78. The van der Waals surface area contributed by atoms with Crippen LogP contribution in [0.15, 0.2) is 47.7 Å². The van der Waals surface area contributed by atoms with Gasteiger partial charge in [0.1, 0.15) is 0 Å². The number of hydrogen-bond acceptors (Lipinski definition) is 2. The highest BCUT2D eigenvalue weighted by molar-refractivity contribution is 8.02. The first-order valence-corrected chi connectivity index (χ1v) is 5.98. The van der Waals surface area contributed by atoms with E-state index in [4.69, 9.17) is 0 Å². The van der Waals surface area contributed by atoms with E-state index in [1.807, 2.05) is 11.5 Å². The van der Waals surface area contributed by atoms with Crippen molar-refractivity contribution in [1.29, 1.82) is 0 Å². The summed E-state index contributed by atoms with van der Waals surface area (Å²) in [6, 6.07) is 8.41. The molecule has 0 aliphatic heterocycles. The number of thiophene rings is 1. The Labute approximate surface area is 92.0 Å². The van der Waals surface area contributed by atoms with Crippen LogP contribution in [-0.2, 0) is 0 Å². The molecule has 0 N–H and O–H groups in total. The van der Waals surface area contributed by atoms with Crippen LogP contribution < -0.4 is 0 Å². The molecule has 1 aromatic heterocycles. The summed E-state index contributed by atoms with van der Waals surface area (Å²) in [5.74, 6) is 0. The number of hydrogen-bond donors (Lipinski definition) is 0. The fraction of sp³-hybridized carbons (Fsp3) is 0. The van der Waals surface area contributed by atoms with E-state index in [1.165, 1.54) is 19.9 Å². The summed E-state index contributed by atoms with van der Waals surface area (Å²) < 4.78 is 1.31. The van der Waals surface area contributed by atoms with Crippen LogP contribution in [0.3, 0.4) is 0 Å². The van der Waals surface area contributed by atoms with Crippen LogP contribution in [0.25, 0.3) is 16.2 Å². The molecule has 2 rings (SSSR count). The average Bonchev–Trinajstić information content (AvgIpc) is 2.58. The third-order valence-electron chi connectivity index (χ3n) is 1.96. The van der Waals surface area contributed by atoms with Crippen LogP contribution in [0.1, 0.15) is 4.88 Å². The van der Waals surface area contributed by atoms with Crippen molar-refractivity contribution in [2.75, 3.05) is 0 Å². The summed E-state index contributed by atoms with van der Waals surface area (Å²) in [6.45, 7) is 7.58. The molecule has 0 bridgehead atoms. The van der Waals surface area contributed by atoms with Crippen LogP contribution in [0.2, 0.25) is 0 Å². The van der Waals surface area contributed by atoms with Crippen LogP contribution in [0.4, 0.5) is 0 Å². The molecule has 70 valence electrons. The molecule has 2 aromatic rings. The predicted octanol–water partition coefficient (Wildman–Crippen LogP) is 4.78. The molecular formula is C12H10S2. The zero-order valence-corrected chi connectivity index (χ0v) is 9.33. The molecule has 1 heterocycles. The molecule has 0 aliphatic carbocycles. The van der Waals surface area contributed by atoms with Gasteiger partial charge < -0.3 is 0 Å². The van der Waals surface area contributed by atoms with Crippen LogP contribution in [0, 0.1) is 0 Å². The lowest BCUT2D eigenvalue weighted by Crippen LogP contribution is -1.67. The lowest BCUT2D eigenvalue weighted by atomic mass is 10.2. The minimum atomic E-state index is 1.23. The first-order valence-electron chi connectivity index (χ1n) is 4.28. The summed E-state index contributed by atoms with van der Waals surface area (Å²) in [5.41, 5.74) is 0. The van der Waals surface area contributed by atoms with Gasteiger partial charge in [-0.3, -0.25) is 0 Å². The highest BCUT2D eigenvalue weighted by Crippen LogP contribution is 2.38. The van der Waals surface area contributed by atoms with Gasteiger partial charge in [-0.1, -0.05) is 49.2 Å². The van der Waals surface area contributed by atoms with Gasteiger partial charge in [-0.2, -0.15) is 0 Å². The van der Waals surface area contributed by atoms with Crippen molar-refractivity contribution in [3.05, 3.63) is 47.7 Å². The van der Waals surface area contributed by atoms with E-state index in [1.54, 1.807) is 23.1 Å². The van der Waals surface area contributed by atoms with E-state index >= 15 is 0 Å². The molecule has 0 nitrogen and oxygen atoms in total.